The normalized spacial score (nSPS) is 11.5. The van der Waals surface area contributed by atoms with Crippen LogP contribution in [-0.2, 0) is 0 Å². The zero-order chi connectivity index (χ0) is 15.5. The Morgan fingerprint density at radius 3 is 2.32 bits per heavy atom. The minimum atomic E-state index is -0.441. The minimum Gasteiger partial charge on any atom is -0.507 e. The van der Waals surface area contributed by atoms with Crippen LogP contribution in [-0.4, -0.2) is 16.0 Å². The summed E-state index contributed by atoms with van der Waals surface area (Å²) in [6.45, 7) is 0. The number of fused-ring (bicyclic) bond motifs is 1. The molecular formula is C19H14O3. The number of aliphatic hydroxyl groups excluding tert-OH is 1. The van der Waals surface area contributed by atoms with Crippen molar-refractivity contribution in [2.45, 2.75) is 0 Å². The number of hydrogen-bond acceptors (Lipinski definition) is 3. The summed E-state index contributed by atoms with van der Waals surface area (Å²) in [6, 6.07) is 19.5. The SMILES string of the molecule is O=C(C=C(O)c1ccc2ccccc2c1)c1ccccc1O. The first-order chi connectivity index (χ1) is 10.6. The van der Waals surface area contributed by atoms with Crippen LogP contribution >= 0.6 is 0 Å². The van der Waals surface area contributed by atoms with Crippen LogP contribution < -0.4 is 0 Å². The van der Waals surface area contributed by atoms with Crippen molar-refractivity contribution in [3.05, 3.63) is 83.9 Å². The van der Waals surface area contributed by atoms with Gasteiger partial charge in [0, 0.05) is 11.6 Å². The van der Waals surface area contributed by atoms with Gasteiger partial charge in [-0.2, -0.15) is 0 Å². The Labute approximate surface area is 127 Å². The summed E-state index contributed by atoms with van der Waals surface area (Å²) < 4.78 is 0. The van der Waals surface area contributed by atoms with E-state index in [2.05, 4.69) is 0 Å². The zero-order valence-electron chi connectivity index (χ0n) is 11.7. The molecule has 0 radical (unpaired) electrons. The molecule has 0 heterocycles. The minimum absolute atomic E-state index is 0.102. The van der Waals surface area contributed by atoms with Crippen LogP contribution in [0.5, 0.6) is 5.75 Å². The molecule has 0 aromatic heterocycles. The van der Waals surface area contributed by atoms with Crippen molar-refractivity contribution >= 4 is 22.3 Å². The molecule has 0 aliphatic rings. The maximum Gasteiger partial charge on any atom is 0.193 e. The Morgan fingerprint density at radius 1 is 0.864 bits per heavy atom. The first-order valence-electron chi connectivity index (χ1n) is 6.87. The van der Waals surface area contributed by atoms with Crippen LogP contribution in [0.2, 0.25) is 0 Å². The second-order valence-electron chi connectivity index (χ2n) is 4.97. The van der Waals surface area contributed by atoms with E-state index in [9.17, 15) is 15.0 Å². The van der Waals surface area contributed by atoms with Crippen molar-refractivity contribution in [1.82, 2.24) is 0 Å². The predicted octanol–water partition coefficient (Wildman–Crippen LogP) is 4.33. The third kappa shape index (κ3) is 2.69. The van der Waals surface area contributed by atoms with Crippen LogP contribution in [0.4, 0.5) is 0 Å². The molecule has 3 aromatic carbocycles. The van der Waals surface area contributed by atoms with E-state index in [4.69, 9.17) is 0 Å². The van der Waals surface area contributed by atoms with Gasteiger partial charge in [0.15, 0.2) is 5.78 Å². The zero-order valence-corrected chi connectivity index (χ0v) is 11.7. The number of aromatic hydroxyl groups is 1. The number of phenolic OH excluding ortho intramolecular Hbond substituents is 1. The van der Waals surface area contributed by atoms with Gasteiger partial charge in [-0.15, -0.1) is 0 Å². The highest BCUT2D eigenvalue weighted by Gasteiger charge is 2.10. The first-order valence-corrected chi connectivity index (χ1v) is 6.87. The molecule has 0 aliphatic carbocycles. The lowest BCUT2D eigenvalue weighted by Gasteiger charge is -2.04. The monoisotopic (exact) mass is 290 g/mol. The third-order valence-corrected chi connectivity index (χ3v) is 3.48. The highest BCUT2D eigenvalue weighted by atomic mass is 16.3. The Morgan fingerprint density at radius 2 is 1.55 bits per heavy atom. The lowest BCUT2D eigenvalue weighted by molar-refractivity contribution is 0.104. The summed E-state index contributed by atoms with van der Waals surface area (Å²) in [5.41, 5.74) is 0.720. The number of phenols is 1. The molecule has 3 nitrogen and oxygen atoms in total. The van der Waals surface area contributed by atoms with E-state index < -0.39 is 5.78 Å². The maximum atomic E-state index is 12.1. The highest BCUT2D eigenvalue weighted by molar-refractivity contribution is 6.09. The van der Waals surface area contributed by atoms with Crippen LogP contribution in [0, 0.1) is 0 Å². The lowest BCUT2D eigenvalue weighted by Crippen LogP contribution is -1.97. The van der Waals surface area contributed by atoms with E-state index in [0.717, 1.165) is 16.8 Å². The van der Waals surface area contributed by atoms with E-state index in [0.29, 0.717) is 5.56 Å². The average molecular weight is 290 g/mol. The Hall–Kier alpha value is -3.07. The van der Waals surface area contributed by atoms with Crippen molar-refractivity contribution < 1.29 is 15.0 Å². The van der Waals surface area contributed by atoms with Gasteiger partial charge in [0.25, 0.3) is 0 Å². The van der Waals surface area contributed by atoms with Crippen LogP contribution in [0.15, 0.2) is 72.8 Å². The summed E-state index contributed by atoms with van der Waals surface area (Å²) in [6.07, 6.45) is 1.12. The summed E-state index contributed by atoms with van der Waals surface area (Å²) in [5.74, 6) is -0.669. The van der Waals surface area contributed by atoms with Crippen LogP contribution in [0.1, 0.15) is 15.9 Å². The second kappa shape index (κ2) is 5.74. The molecule has 0 bridgehead atoms. The molecular weight excluding hydrogens is 276 g/mol. The lowest BCUT2D eigenvalue weighted by atomic mass is 10.0. The number of benzene rings is 3. The summed E-state index contributed by atoms with van der Waals surface area (Å²) in [5, 5.41) is 21.9. The number of carbonyl (C=O) groups is 1. The molecule has 0 aliphatic heterocycles. The number of hydrogen-bond donors (Lipinski definition) is 2. The fourth-order valence-electron chi connectivity index (χ4n) is 2.32. The molecule has 0 saturated carbocycles. The molecule has 0 saturated heterocycles. The van der Waals surface area contributed by atoms with Crippen molar-refractivity contribution in [2.24, 2.45) is 0 Å². The molecule has 2 N–H and O–H groups in total. The molecule has 0 unspecified atom stereocenters. The van der Waals surface area contributed by atoms with Gasteiger partial charge in [-0.3, -0.25) is 4.79 Å². The van der Waals surface area contributed by atoms with Gasteiger partial charge >= 0.3 is 0 Å². The standard InChI is InChI=1S/C19H14O3/c20-17-8-4-3-7-16(17)19(22)12-18(21)15-10-9-13-5-1-2-6-14(13)11-15/h1-12,20-21H. The molecule has 3 rings (SSSR count). The molecule has 0 fully saturated rings. The third-order valence-electron chi connectivity index (χ3n) is 3.48. The largest absolute Gasteiger partial charge is 0.507 e. The van der Waals surface area contributed by atoms with E-state index in [1.807, 2.05) is 36.4 Å². The van der Waals surface area contributed by atoms with E-state index in [-0.39, 0.29) is 17.1 Å². The van der Waals surface area contributed by atoms with Gasteiger partial charge < -0.3 is 10.2 Å². The highest BCUT2D eigenvalue weighted by Crippen LogP contribution is 2.22. The van der Waals surface area contributed by atoms with Gasteiger partial charge in [0.05, 0.1) is 5.56 Å². The van der Waals surface area contributed by atoms with Gasteiger partial charge in [-0.25, -0.2) is 0 Å². The summed E-state index contributed by atoms with van der Waals surface area (Å²) in [7, 11) is 0. The topological polar surface area (TPSA) is 57.5 Å². The summed E-state index contributed by atoms with van der Waals surface area (Å²) >= 11 is 0. The van der Waals surface area contributed by atoms with Crippen molar-refractivity contribution in [1.29, 1.82) is 0 Å². The van der Waals surface area contributed by atoms with Gasteiger partial charge in [0.1, 0.15) is 11.5 Å². The molecule has 22 heavy (non-hydrogen) atoms. The van der Waals surface area contributed by atoms with Crippen molar-refractivity contribution in [3.63, 3.8) is 0 Å². The molecule has 108 valence electrons. The molecule has 3 aromatic rings. The van der Waals surface area contributed by atoms with Crippen molar-refractivity contribution in [2.75, 3.05) is 0 Å². The van der Waals surface area contributed by atoms with Crippen molar-refractivity contribution in [3.8, 4) is 5.75 Å². The van der Waals surface area contributed by atoms with Crippen LogP contribution in [0.25, 0.3) is 16.5 Å². The molecule has 0 amide bonds. The van der Waals surface area contributed by atoms with Gasteiger partial charge in [-0.1, -0.05) is 48.5 Å². The van der Waals surface area contributed by atoms with Gasteiger partial charge in [-0.05, 0) is 29.0 Å². The number of para-hydroxylation sites is 1. The fourth-order valence-corrected chi connectivity index (χ4v) is 2.32. The number of ketones is 1. The predicted molar refractivity (Wildman–Crippen MR) is 87.0 cm³/mol. The number of carbonyl (C=O) groups excluding carboxylic acids is 1. The quantitative estimate of drug-likeness (QED) is 0.429. The number of allylic oxidation sites excluding steroid dienone is 1. The maximum absolute atomic E-state index is 12.1. The van der Waals surface area contributed by atoms with Gasteiger partial charge in [0.2, 0.25) is 0 Å². The number of aliphatic hydroxyl groups is 1. The molecule has 0 atom stereocenters. The molecule has 0 spiro atoms. The fraction of sp³-hybridized carbons (Fsp3) is 0. The smallest absolute Gasteiger partial charge is 0.193 e. The second-order valence-corrected chi connectivity index (χ2v) is 4.97. The van der Waals surface area contributed by atoms with E-state index in [1.54, 1.807) is 18.2 Å². The molecule has 3 heteroatoms. The first kappa shape index (κ1) is 13.9. The van der Waals surface area contributed by atoms with E-state index in [1.165, 1.54) is 12.1 Å². The van der Waals surface area contributed by atoms with E-state index >= 15 is 0 Å². The van der Waals surface area contributed by atoms with Crippen LogP contribution in [0.3, 0.4) is 0 Å². The Kier molecular flexibility index (Phi) is 3.62. The Bertz CT molecular complexity index is 878. The average Bonchev–Trinajstić information content (AvgIpc) is 2.54. The number of rotatable bonds is 3. The Balaban J connectivity index is 1.96. The summed E-state index contributed by atoms with van der Waals surface area (Å²) in [4.78, 5) is 12.1.